The molecule has 0 aliphatic heterocycles. The maximum absolute atomic E-state index is 12.2. The molecule has 1 unspecified atom stereocenters. The van der Waals surface area contributed by atoms with Gasteiger partial charge in [0.05, 0.1) is 31.3 Å². The molecule has 0 aliphatic rings. The number of amides is 1. The maximum atomic E-state index is 12.2. The van der Waals surface area contributed by atoms with Gasteiger partial charge >= 0.3 is 0 Å². The molecule has 0 spiro atoms. The summed E-state index contributed by atoms with van der Waals surface area (Å²) in [5, 5.41) is 14.0. The molecule has 0 saturated carbocycles. The summed E-state index contributed by atoms with van der Waals surface area (Å²) in [6.07, 6.45) is 0.684. The van der Waals surface area contributed by atoms with Crippen LogP contribution in [0.2, 0.25) is 0 Å². The molecule has 2 aromatic rings. The number of benzene rings is 2. The zero-order valence-corrected chi connectivity index (χ0v) is 15.3. The summed E-state index contributed by atoms with van der Waals surface area (Å²) in [4.78, 5) is 23.0. The van der Waals surface area contributed by atoms with Crippen LogP contribution in [0, 0.1) is 10.1 Å². The van der Waals surface area contributed by atoms with Gasteiger partial charge in [-0.1, -0.05) is 30.3 Å². The fourth-order valence-electron chi connectivity index (χ4n) is 2.69. The van der Waals surface area contributed by atoms with Crippen LogP contribution in [-0.4, -0.2) is 37.6 Å². The van der Waals surface area contributed by atoms with Crippen molar-refractivity contribution in [1.82, 2.24) is 5.32 Å². The van der Waals surface area contributed by atoms with Gasteiger partial charge in [-0.2, -0.15) is 0 Å². The first-order valence-electron chi connectivity index (χ1n) is 8.42. The Kier molecular flexibility index (Phi) is 7.13. The Hall–Kier alpha value is -3.13. The maximum Gasteiger partial charge on any atom is 0.276 e. The van der Waals surface area contributed by atoms with E-state index in [2.05, 4.69) is 5.32 Å². The zero-order chi connectivity index (χ0) is 19.8. The van der Waals surface area contributed by atoms with E-state index >= 15 is 0 Å². The van der Waals surface area contributed by atoms with Gasteiger partial charge in [-0.05, 0) is 24.5 Å². The number of nitro benzene ring substituents is 1. The van der Waals surface area contributed by atoms with E-state index in [4.69, 9.17) is 15.2 Å². The topological polar surface area (TPSA) is 117 Å². The van der Waals surface area contributed by atoms with E-state index in [1.165, 1.54) is 20.3 Å². The number of carbonyl (C=O) groups is 1. The quantitative estimate of drug-likeness (QED) is 0.512. The summed E-state index contributed by atoms with van der Waals surface area (Å²) in [6.45, 7) is 0.220. The third-order valence-electron chi connectivity index (χ3n) is 4.11. The minimum absolute atomic E-state index is 0.0875. The number of rotatable bonds is 9. The average Bonchev–Trinajstić information content (AvgIpc) is 2.67. The molecule has 0 aromatic heterocycles. The lowest BCUT2D eigenvalue weighted by Crippen LogP contribution is -2.42. The zero-order valence-electron chi connectivity index (χ0n) is 15.3. The Morgan fingerprint density at radius 2 is 1.81 bits per heavy atom. The molecule has 1 atom stereocenters. The molecule has 0 radical (unpaired) electrons. The normalized spacial score (nSPS) is 11.5. The predicted molar refractivity (Wildman–Crippen MR) is 101 cm³/mol. The van der Waals surface area contributed by atoms with Crippen LogP contribution in [0.25, 0.3) is 0 Å². The molecular formula is C19H23N3O5. The number of carbonyl (C=O) groups excluding carboxylic acids is 1. The number of ether oxygens (including phenoxy) is 2. The first kappa shape index (κ1) is 20.2. The van der Waals surface area contributed by atoms with Crippen LogP contribution in [0.3, 0.4) is 0 Å². The van der Waals surface area contributed by atoms with Crippen LogP contribution in [-0.2, 0) is 17.6 Å². The Morgan fingerprint density at radius 3 is 2.41 bits per heavy atom. The van der Waals surface area contributed by atoms with Crippen LogP contribution >= 0.6 is 0 Å². The van der Waals surface area contributed by atoms with E-state index in [-0.39, 0.29) is 30.3 Å². The van der Waals surface area contributed by atoms with Crippen LogP contribution in [0.15, 0.2) is 42.5 Å². The van der Waals surface area contributed by atoms with Gasteiger partial charge < -0.3 is 20.5 Å². The molecule has 0 saturated heterocycles. The van der Waals surface area contributed by atoms with E-state index in [0.29, 0.717) is 17.7 Å². The van der Waals surface area contributed by atoms with Gasteiger partial charge in [-0.15, -0.1) is 0 Å². The monoisotopic (exact) mass is 373 g/mol. The van der Waals surface area contributed by atoms with Crippen molar-refractivity contribution < 1.29 is 19.2 Å². The highest BCUT2D eigenvalue weighted by molar-refractivity contribution is 5.81. The Bertz CT molecular complexity index is 795. The second kappa shape index (κ2) is 9.54. The third kappa shape index (κ3) is 5.42. The second-order valence-corrected chi connectivity index (χ2v) is 5.93. The summed E-state index contributed by atoms with van der Waals surface area (Å²) < 4.78 is 10.3. The Labute approximate surface area is 157 Å². The van der Waals surface area contributed by atoms with Crippen LogP contribution in [0.1, 0.15) is 11.1 Å². The summed E-state index contributed by atoms with van der Waals surface area (Å²) in [6, 6.07) is 11.6. The number of nitrogens with one attached hydrogen (secondary N) is 1. The Balaban J connectivity index is 1.99. The molecule has 1 amide bonds. The summed E-state index contributed by atoms with van der Waals surface area (Å²) in [5.41, 5.74) is 7.25. The Morgan fingerprint density at radius 1 is 1.19 bits per heavy atom. The molecule has 8 heteroatoms. The minimum Gasteiger partial charge on any atom is -0.493 e. The fourth-order valence-corrected chi connectivity index (χ4v) is 2.69. The smallest absolute Gasteiger partial charge is 0.276 e. The average molecular weight is 373 g/mol. The van der Waals surface area contributed by atoms with Crippen molar-refractivity contribution in [3.63, 3.8) is 0 Å². The van der Waals surface area contributed by atoms with Crippen molar-refractivity contribution >= 4 is 11.6 Å². The van der Waals surface area contributed by atoms with Gasteiger partial charge in [0.2, 0.25) is 5.91 Å². The highest BCUT2D eigenvalue weighted by Gasteiger charge is 2.20. The number of hydrogen-bond donors (Lipinski definition) is 2. The van der Waals surface area contributed by atoms with E-state index < -0.39 is 11.0 Å². The molecule has 27 heavy (non-hydrogen) atoms. The van der Waals surface area contributed by atoms with Crippen molar-refractivity contribution in [3.8, 4) is 11.5 Å². The molecule has 144 valence electrons. The standard InChI is InChI=1S/C19H23N3O5/c1-26-17-11-14(16(22(24)25)12-18(17)27-2)8-9-21-19(23)15(20)10-13-6-4-3-5-7-13/h3-7,11-12,15H,8-10,20H2,1-2H3,(H,21,23). The van der Waals surface area contributed by atoms with Crippen LogP contribution in [0.4, 0.5) is 5.69 Å². The van der Waals surface area contributed by atoms with Crippen molar-refractivity contribution in [2.75, 3.05) is 20.8 Å². The summed E-state index contributed by atoms with van der Waals surface area (Å²) >= 11 is 0. The summed E-state index contributed by atoms with van der Waals surface area (Å²) in [7, 11) is 2.87. The molecular weight excluding hydrogens is 350 g/mol. The van der Waals surface area contributed by atoms with E-state index in [1.807, 2.05) is 30.3 Å². The molecule has 2 rings (SSSR count). The van der Waals surface area contributed by atoms with Crippen molar-refractivity contribution in [2.45, 2.75) is 18.9 Å². The van der Waals surface area contributed by atoms with Crippen molar-refractivity contribution in [3.05, 3.63) is 63.7 Å². The van der Waals surface area contributed by atoms with Gasteiger partial charge in [0, 0.05) is 12.1 Å². The lowest BCUT2D eigenvalue weighted by Gasteiger charge is -2.13. The lowest BCUT2D eigenvalue weighted by molar-refractivity contribution is -0.385. The highest BCUT2D eigenvalue weighted by Crippen LogP contribution is 2.34. The number of methoxy groups -OCH3 is 2. The molecule has 0 aliphatic carbocycles. The number of hydrogen-bond acceptors (Lipinski definition) is 6. The highest BCUT2D eigenvalue weighted by atomic mass is 16.6. The first-order valence-corrected chi connectivity index (χ1v) is 8.42. The van der Waals surface area contributed by atoms with Gasteiger partial charge in [-0.3, -0.25) is 14.9 Å². The van der Waals surface area contributed by atoms with E-state index in [0.717, 1.165) is 5.56 Å². The number of nitro groups is 1. The fraction of sp³-hybridized carbons (Fsp3) is 0.316. The molecule has 0 fully saturated rings. The third-order valence-corrected chi connectivity index (χ3v) is 4.11. The molecule has 8 nitrogen and oxygen atoms in total. The molecule has 3 N–H and O–H groups in total. The predicted octanol–water partition coefficient (Wildman–Crippen LogP) is 1.84. The molecule has 0 bridgehead atoms. The van der Waals surface area contributed by atoms with Crippen LogP contribution < -0.4 is 20.5 Å². The first-order chi connectivity index (χ1) is 13.0. The van der Waals surface area contributed by atoms with E-state index in [1.54, 1.807) is 6.07 Å². The lowest BCUT2D eigenvalue weighted by atomic mass is 10.1. The molecule has 0 heterocycles. The number of nitrogens with two attached hydrogens (primary N) is 1. The van der Waals surface area contributed by atoms with Crippen molar-refractivity contribution in [1.29, 1.82) is 0 Å². The van der Waals surface area contributed by atoms with Gasteiger partial charge in [0.15, 0.2) is 11.5 Å². The molecule has 2 aromatic carbocycles. The SMILES string of the molecule is COc1cc(CCNC(=O)C(N)Cc2ccccc2)c([N+](=O)[O-])cc1OC. The van der Waals surface area contributed by atoms with E-state index in [9.17, 15) is 14.9 Å². The second-order valence-electron chi connectivity index (χ2n) is 5.93. The van der Waals surface area contributed by atoms with Gasteiger partial charge in [0.25, 0.3) is 5.69 Å². The van der Waals surface area contributed by atoms with Gasteiger partial charge in [-0.25, -0.2) is 0 Å². The van der Waals surface area contributed by atoms with Gasteiger partial charge in [0.1, 0.15) is 0 Å². The number of nitrogens with zero attached hydrogens (tertiary/aromatic N) is 1. The van der Waals surface area contributed by atoms with Crippen LogP contribution in [0.5, 0.6) is 11.5 Å². The summed E-state index contributed by atoms with van der Waals surface area (Å²) in [5.74, 6) is 0.369. The largest absolute Gasteiger partial charge is 0.493 e. The van der Waals surface area contributed by atoms with Crippen molar-refractivity contribution in [2.24, 2.45) is 5.73 Å². The minimum atomic E-state index is -0.687.